The molecular weight excluding hydrogens is 925 g/mol. The van der Waals surface area contributed by atoms with E-state index in [1.54, 1.807) is 48.5 Å². The monoisotopic (exact) mass is 980 g/mol. The Hall–Kier alpha value is -9.00. The van der Waals surface area contributed by atoms with Gasteiger partial charge in [0.15, 0.2) is 0 Å². The van der Waals surface area contributed by atoms with Crippen LogP contribution in [0.5, 0.6) is 34.5 Å². The zero-order chi connectivity index (χ0) is 51.6. The van der Waals surface area contributed by atoms with Crippen LogP contribution >= 0.6 is 0 Å². The molecule has 0 bridgehead atoms. The second kappa shape index (κ2) is 18.5. The van der Waals surface area contributed by atoms with Crippen LogP contribution in [0.3, 0.4) is 0 Å². The molecule has 0 aliphatic rings. The number of hydrogen-bond donors (Lipinski definition) is 6. The van der Waals surface area contributed by atoms with E-state index in [2.05, 4.69) is 98.8 Å². The summed E-state index contributed by atoms with van der Waals surface area (Å²) in [5.41, 5.74) is 3.83. The van der Waals surface area contributed by atoms with E-state index >= 15 is 0 Å². The van der Waals surface area contributed by atoms with Crippen molar-refractivity contribution >= 4 is 64.6 Å². The Morgan fingerprint density at radius 2 is 0.693 bits per heavy atom. The SMILES string of the molecule is CC(CC(c1ccc2cc(O)ccc2c1)C(CCC(C)(c1ccc(O)c2ccccc12)c1ccc(O)c2ccccc12)c1ccc2cc(O)ccc2c1)(c1c(O)ccc2ccccc12)c1c(O)ccc2ccccc12. The number of fused-ring (bicyclic) bond motifs is 6. The fourth-order valence-corrected chi connectivity index (χ4v) is 12.9. The maximum absolute atomic E-state index is 12.5. The molecule has 0 heterocycles. The highest BCUT2D eigenvalue weighted by Gasteiger charge is 2.43. The molecule has 2 atom stereocenters. The van der Waals surface area contributed by atoms with Gasteiger partial charge in [-0.2, -0.15) is 0 Å². The Morgan fingerprint density at radius 3 is 1.17 bits per heavy atom. The third-order valence-electron chi connectivity index (χ3n) is 16.5. The molecule has 0 saturated heterocycles. The van der Waals surface area contributed by atoms with Crippen molar-refractivity contribution in [3.05, 3.63) is 252 Å². The first kappa shape index (κ1) is 47.0. The first-order valence-electron chi connectivity index (χ1n) is 25.7. The van der Waals surface area contributed by atoms with Gasteiger partial charge in [0.2, 0.25) is 0 Å². The highest BCUT2D eigenvalue weighted by Crippen LogP contribution is 2.56. The molecule has 0 aliphatic heterocycles. The lowest BCUT2D eigenvalue weighted by atomic mass is 9.62. The summed E-state index contributed by atoms with van der Waals surface area (Å²) in [6.07, 6.45) is 1.63. The Bertz CT molecular complexity index is 4020. The minimum absolute atomic E-state index is 0.129. The molecular formula is C69H56O6. The molecule has 6 heteroatoms. The van der Waals surface area contributed by atoms with Crippen molar-refractivity contribution in [2.24, 2.45) is 0 Å². The van der Waals surface area contributed by atoms with Crippen LogP contribution in [0, 0.1) is 0 Å². The first-order valence-corrected chi connectivity index (χ1v) is 25.7. The second-order valence-electron chi connectivity index (χ2n) is 20.9. The summed E-state index contributed by atoms with van der Waals surface area (Å²) in [4.78, 5) is 0. The molecule has 12 aromatic rings. The highest BCUT2D eigenvalue weighted by molar-refractivity contribution is 5.97. The van der Waals surface area contributed by atoms with E-state index in [1.165, 1.54) is 0 Å². The van der Waals surface area contributed by atoms with Crippen LogP contribution in [0.4, 0.5) is 0 Å². The lowest BCUT2D eigenvalue weighted by Gasteiger charge is -2.41. The maximum atomic E-state index is 12.5. The van der Waals surface area contributed by atoms with Crippen LogP contribution in [0.15, 0.2) is 218 Å². The van der Waals surface area contributed by atoms with Crippen molar-refractivity contribution in [2.45, 2.75) is 55.8 Å². The van der Waals surface area contributed by atoms with Crippen molar-refractivity contribution in [3.63, 3.8) is 0 Å². The van der Waals surface area contributed by atoms with E-state index < -0.39 is 10.8 Å². The van der Waals surface area contributed by atoms with Crippen LogP contribution in [0.1, 0.15) is 78.3 Å². The Labute approximate surface area is 435 Å². The molecule has 0 aromatic heterocycles. The van der Waals surface area contributed by atoms with Crippen molar-refractivity contribution < 1.29 is 30.6 Å². The van der Waals surface area contributed by atoms with E-state index in [4.69, 9.17) is 0 Å². The van der Waals surface area contributed by atoms with Gasteiger partial charge in [0.05, 0.1) is 0 Å². The summed E-state index contributed by atoms with van der Waals surface area (Å²) in [6, 6.07) is 71.4. The predicted octanol–water partition coefficient (Wildman–Crippen LogP) is 16.9. The largest absolute Gasteiger partial charge is 0.508 e. The van der Waals surface area contributed by atoms with Crippen molar-refractivity contribution in [1.82, 2.24) is 0 Å². The summed E-state index contributed by atoms with van der Waals surface area (Å²) < 4.78 is 0. The molecule has 6 nitrogen and oxygen atoms in total. The number of rotatable bonds is 12. The molecule has 0 amide bonds. The quantitative estimate of drug-likeness (QED) is 0.0725. The predicted molar refractivity (Wildman–Crippen MR) is 306 cm³/mol. The zero-order valence-electron chi connectivity index (χ0n) is 41.7. The second-order valence-corrected chi connectivity index (χ2v) is 20.9. The molecule has 6 N–H and O–H groups in total. The van der Waals surface area contributed by atoms with E-state index in [1.807, 2.05) is 84.9 Å². The summed E-state index contributed by atoms with van der Waals surface area (Å²) in [5.74, 6) is 0.447. The molecule has 75 heavy (non-hydrogen) atoms. The fourth-order valence-electron chi connectivity index (χ4n) is 12.9. The summed E-state index contributed by atoms with van der Waals surface area (Å²) in [6.45, 7) is 4.46. The lowest BCUT2D eigenvalue weighted by Crippen LogP contribution is -2.31. The first-order chi connectivity index (χ1) is 36.4. The maximum Gasteiger partial charge on any atom is 0.123 e. The molecule has 12 aromatic carbocycles. The van der Waals surface area contributed by atoms with Gasteiger partial charge in [-0.25, -0.2) is 0 Å². The van der Waals surface area contributed by atoms with E-state index in [-0.39, 0.29) is 46.3 Å². The van der Waals surface area contributed by atoms with Gasteiger partial charge in [0.25, 0.3) is 0 Å². The van der Waals surface area contributed by atoms with Gasteiger partial charge < -0.3 is 30.6 Å². The summed E-state index contributed by atoms with van der Waals surface area (Å²) in [5, 5.41) is 79.9. The molecule has 368 valence electrons. The normalized spacial score (nSPS) is 13.0. The zero-order valence-corrected chi connectivity index (χ0v) is 41.7. The van der Waals surface area contributed by atoms with Gasteiger partial charge >= 0.3 is 0 Å². The smallest absolute Gasteiger partial charge is 0.123 e. The number of hydrogen-bond acceptors (Lipinski definition) is 6. The minimum Gasteiger partial charge on any atom is -0.508 e. The van der Waals surface area contributed by atoms with Gasteiger partial charge in [-0.3, -0.25) is 0 Å². The Morgan fingerprint density at radius 1 is 0.320 bits per heavy atom. The minimum atomic E-state index is -1.06. The Balaban J connectivity index is 1.15. The number of phenolic OH excluding ortho intramolecular Hbond substituents is 6. The molecule has 12 rings (SSSR count). The lowest BCUT2D eigenvalue weighted by molar-refractivity contribution is 0.353. The third kappa shape index (κ3) is 8.14. The Kier molecular flexibility index (Phi) is 11.6. The molecule has 0 fully saturated rings. The molecule has 0 spiro atoms. The third-order valence-corrected chi connectivity index (χ3v) is 16.5. The van der Waals surface area contributed by atoms with Gasteiger partial charge in [-0.15, -0.1) is 0 Å². The topological polar surface area (TPSA) is 121 Å². The number of phenols is 6. The standard InChI is InChI=1S/C69H56O6/c1-68(60-29-33-62(72)57-17-9-7-15-55(57)60,61-30-34-63(73)58-18-10-8-16-56(58)61)36-35-52(48-21-19-46-39-50(70)27-23-44(46)37-48)59(49-22-20-47-40-51(71)28-24-45(47)38-49)41-69(2,66-53-13-5-3-11-42(53)25-31-64(66)74)67-54-14-6-4-12-43(54)26-32-65(67)75/h3-34,37-40,52,59,70-75H,35-36,41H2,1-2H3. The highest BCUT2D eigenvalue weighted by atomic mass is 16.3. The molecule has 0 saturated carbocycles. The van der Waals surface area contributed by atoms with Gasteiger partial charge in [-0.1, -0.05) is 184 Å². The average molecular weight is 981 g/mol. The average Bonchev–Trinajstić information content (AvgIpc) is 3.43. The van der Waals surface area contributed by atoms with Crippen molar-refractivity contribution in [2.75, 3.05) is 0 Å². The fraction of sp³-hybridized carbons (Fsp3) is 0.130. The summed E-state index contributed by atoms with van der Waals surface area (Å²) >= 11 is 0. The van der Waals surface area contributed by atoms with E-state index in [0.717, 1.165) is 86.9 Å². The molecule has 2 unspecified atom stereocenters. The molecule has 0 aliphatic carbocycles. The van der Waals surface area contributed by atoms with Gasteiger partial charge in [-0.05, 0) is 156 Å². The van der Waals surface area contributed by atoms with Gasteiger partial charge in [0.1, 0.15) is 34.5 Å². The van der Waals surface area contributed by atoms with Crippen molar-refractivity contribution in [1.29, 1.82) is 0 Å². The van der Waals surface area contributed by atoms with E-state index in [9.17, 15) is 30.6 Å². The number of aromatic hydroxyl groups is 6. The van der Waals surface area contributed by atoms with Crippen LogP contribution in [-0.2, 0) is 10.8 Å². The van der Waals surface area contributed by atoms with Gasteiger partial charge in [0, 0.05) is 32.7 Å². The van der Waals surface area contributed by atoms with Crippen LogP contribution < -0.4 is 0 Å². The summed E-state index contributed by atoms with van der Waals surface area (Å²) in [7, 11) is 0. The van der Waals surface area contributed by atoms with Crippen LogP contribution in [0.2, 0.25) is 0 Å². The number of benzene rings is 12. The van der Waals surface area contributed by atoms with E-state index in [0.29, 0.717) is 30.4 Å². The molecule has 0 radical (unpaired) electrons. The van der Waals surface area contributed by atoms with Crippen molar-refractivity contribution in [3.8, 4) is 34.5 Å². The van der Waals surface area contributed by atoms with Crippen LogP contribution in [-0.4, -0.2) is 30.6 Å². The van der Waals surface area contributed by atoms with Crippen LogP contribution in [0.25, 0.3) is 64.6 Å².